The van der Waals surface area contributed by atoms with E-state index >= 15 is 0 Å². The monoisotopic (exact) mass is 511 g/mol. The molecular weight excluding hydrogens is 491 g/mol. The number of halogens is 3. The van der Waals surface area contributed by atoms with Gasteiger partial charge in [-0.2, -0.15) is 18.3 Å². The Morgan fingerprint density at radius 2 is 1.72 bits per heavy atom. The molecule has 0 unspecified atom stereocenters. The van der Waals surface area contributed by atoms with E-state index in [0.717, 1.165) is 35.3 Å². The highest BCUT2D eigenvalue weighted by Crippen LogP contribution is 2.31. The predicted octanol–water partition coefficient (Wildman–Crippen LogP) is 5.20. The van der Waals surface area contributed by atoms with Crippen molar-refractivity contribution in [3.05, 3.63) is 90.0 Å². The van der Waals surface area contributed by atoms with Crippen LogP contribution in [0.25, 0.3) is 17.1 Å². The van der Waals surface area contributed by atoms with Gasteiger partial charge in [0.05, 0.1) is 24.6 Å². The Labute approximate surface area is 209 Å². The molecule has 1 aromatic heterocycles. The molecule has 0 fully saturated rings. The Kier molecular flexibility index (Phi) is 7.69. The molecule has 0 saturated carbocycles. The summed E-state index contributed by atoms with van der Waals surface area (Å²) in [7, 11) is 1.58. The molecule has 11 heteroatoms. The van der Waals surface area contributed by atoms with Crippen molar-refractivity contribution in [1.82, 2.24) is 20.2 Å². The van der Waals surface area contributed by atoms with Crippen LogP contribution in [0.5, 0.6) is 5.75 Å². The molecule has 0 spiro atoms. The van der Waals surface area contributed by atoms with Gasteiger partial charge in [-0.15, -0.1) is 10.2 Å². The van der Waals surface area contributed by atoms with Gasteiger partial charge in [0.25, 0.3) is 5.91 Å². The molecule has 0 aliphatic heterocycles. The molecule has 1 N–H and O–H groups in total. The van der Waals surface area contributed by atoms with Crippen molar-refractivity contribution in [2.45, 2.75) is 11.3 Å². The average Bonchev–Trinajstić information content (AvgIpc) is 3.32. The van der Waals surface area contributed by atoms with Gasteiger partial charge < -0.3 is 4.74 Å². The zero-order chi connectivity index (χ0) is 25.5. The summed E-state index contributed by atoms with van der Waals surface area (Å²) in [5, 5.41) is 12.7. The number of methoxy groups -OCH3 is 1. The maximum Gasteiger partial charge on any atom is 0.417 e. The molecule has 0 aliphatic carbocycles. The first-order valence-corrected chi connectivity index (χ1v) is 11.6. The van der Waals surface area contributed by atoms with Gasteiger partial charge in [0.1, 0.15) is 5.75 Å². The summed E-state index contributed by atoms with van der Waals surface area (Å²) >= 11 is 1.13. The Bertz CT molecular complexity index is 1360. The van der Waals surface area contributed by atoms with Crippen LogP contribution >= 0.6 is 11.8 Å². The Morgan fingerprint density at radius 3 is 2.42 bits per heavy atom. The minimum absolute atomic E-state index is 0.0775. The number of thioether (sulfide) groups is 1. The van der Waals surface area contributed by atoms with Crippen molar-refractivity contribution in [3.63, 3.8) is 0 Å². The van der Waals surface area contributed by atoms with E-state index in [-0.39, 0.29) is 11.3 Å². The number of ether oxygens (including phenoxy) is 1. The van der Waals surface area contributed by atoms with E-state index in [4.69, 9.17) is 4.74 Å². The third-order valence-corrected chi connectivity index (χ3v) is 5.92. The fourth-order valence-corrected chi connectivity index (χ4v) is 4.05. The smallest absolute Gasteiger partial charge is 0.417 e. The van der Waals surface area contributed by atoms with Crippen LogP contribution < -0.4 is 10.2 Å². The molecule has 36 heavy (non-hydrogen) atoms. The van der Waals surface area contributed by atoms with Gasteiger partial charge >= 0.3 is 6.18 Å². The summed E-state index contributed by atoms with van der Waals surface area (Å²) in [6.07, 6.45) is -3.55. The van der Waals surface area contributed by atoms with Crippen molar-refractivity contribution in [2.24, 2.45) is 5.10 Å². The van der Waals surface area contributed by atoms with Crippen LogP contribution in [-0.4, -0.2) is 39.7 Å². The third-order valence-electron chi connectivity index (χ3n) is 4.99. The van der Waals surface area contributed by atoms with Crippen molar-refractivity contribution in [2.75, 3.05) is 12.9 Å². The maximum absolute atomic E-state index is 13.1. The maximum atomic E-state index is 13.1. The normalized spacial score (nSPS) is 11.6. The van der Waals surface area contributed by atoms with E-state index in [1.165, 1.54) is 18.2 Å². The van der Waals surface area contributed by atoms with E-state index < -0.39 is 17.6 Å². The molecule has 7 nitrogen and oxygen atoms in total. The summed E-state index contributed by atoms with van der Waals surface area (Å²) in [5.41, 5.74) is 2.89. The number of amides is 1. The van der Waals surface area contributed by atoms with Crippen LogP contribution in [0, 0.1) is 0 Å². The second-order valence-electron chi connectivity index (χ2n) is 7.37. The molecule has 0 bridgehead atoms. The predicted molar refractivity (Wildman–Crippen MR) is 131 cm³/mol. The van der Waals surface area contributed by atoms with Gasteiger partial charge in [0, 0.05) is 16.8 Å². The zero-order valence-corrected chi connectivity index (χ0v) is 19.8. The molecule has 0 saturated heterocycles. The number of nitrogens with zero attached hydrogens (tertiary/aromatic N) is 4. The van der Waals surface area contributed by atoms with Gasteiger partial charge in [-0.3, -0.25) is 9.36 Å². The average molecular weight is 512 g/mol. The van der Waals surface area contributed by atoms with E-state index in [9.17, 15) is 18.0 Å². The van der Waals surface area contributed by atoms with E-state index in [2.05, 4.69) is 20.7 Å². The first-order chi connectivity index (χ1) is 17.4. The highest BCUT2D eigenvalue weighted by atomic mass is 32.2. The highest BCUT2D eigenvalue weighted by Gasteiger charge is 2.32. The molecule has 4 aromatic rings. The largest absolute Gasteiger partial charge is 0.497 e. The van der Waals surface area contributed by atoms with Gasteiger partial charge in [0.15, 0.2) is 11.0 Å². The summed E-state index contributed by atoms with van der Waals surface area (Å²) < 4.78 is 46.4. The summed E-state index contributed by atoms with van der Waals surface area (Å²) in [5.74, 6) is 0.698. The number of hydrogen-bond acceptors (Lipinski definition) is 6. The van der Waals surface area contributed by atoms with Crippen LogP contribution in [0.3, 0.4) is 0 Å². The summed E-state index contributed by atoms with van der Waals surface area (Å²) in [6, 6.07) is 21.7. The van der Waals surface area contributed by atoms with Crippen molar-refractivity contribution < 1.29 is 22.7 Å². The van der Waals surface area contributed by atoms with Gasteiger partial charge in [-0.1, -0.05) is 48.2 Å². The molecule has 1 heterocycles. The number of para-hydroxylation sites is 1. The number of aromatic nitrogens is 3. The van der Waals surface area contributed by atoms with Gasteiger partial charge in [-0.05, 0) is 42.5 Å². The van der Waals surface area contributed by atoms with Crippen LogP contribution in [0.2, 0.25) is 0 Å². The zero-order valence-electron chi connectivity index (χ0n) is 18.9. The minimum atomic E-state index is -4.52. The number of alkyl halides is 3. The molecule has 1 amide bonds. The number of nitrogens with one attached hydrogen (secondary N) is 1. The highest BCUT2D eigenvalue weighted by molar-refractivity contribution is 7.99. The number of hydrazone groups is 1. The van der Waals surface area contributed by atoms with Crippen LogP contribution in [0.1, 0.15) is 11.1 Å². The number of carbonyl (C=O) groups is 1. The standard InChI is InChI=1S/C25H20F3N5O2S/c1-35-20-13-11-17(12-14-20)23-31-32-24(33(23)19-8-3-2-4-9-19)36-16-22(34)30-29-15-18-7-5-6-10-21(18)25(26,27)28/h2-15H,16H2,1H3,(H,30,34). The van der Waals surface area contributed by atoms with Crippen LogP contribution in [-0.2, 0) is 11.0 Å². The molecule has 0 atom stereocenters. The number of rotatable bonds is 8. The number of benzene rings is 3. The summed E-state index contributed by atoms with van der Waals surface area (Å²) in [6.45, 7) is 0. The second-order valence-corrected chi connectivity index (χ2v) is 8.32. The van der Waals surface area contributed by atoms with E-state index in [0.29, 0.717) is 16.7 Å². The van der Waals surface area contributed by atoms with E-state index in [1.54, 1.807) is 7.11 Å². The Balaban J connectivity index is 1.49. The lowest BCUT2D eigenvalue weighted by Crippen LogP contribution is -2.20. The number of hydrogen-bond donors (Lipinski definition) is 1. The van der Waals surface area contributed by atoms with Gasteiger partial charge in [0.2, 0.25) is 0 Å². The Morgan fingerprint density at radius 1 is 1.03 bits per heavy atom. The molecule has 4 rings (SSSR count). The molecule has 3 aromatic carbocycles. The van der Waals surface area contributed by atoms with Crippen LogP contribution in [0.15, 0.2) is 89.1 Å². The lowest BCUT2D eigenvalue weighted by Gasteiger charge is -2.10. The fraction of sp³-hybridized carbons (Fsp3) is 0.120. The molecular formula is C25H20F3N5O2S. The molecule has 0 aliphatic rings. The van der Waals surface area contributed by atoms with Crippen LogP contribution in [0.4, 0.5) is 13.2 Å². The van der Waals surface area contributed by atoms with Crippen molar-refractivity contribution in [3.8, 4) is 22.8 Å². The number of carbonyl (C=O) groups excluding carboxylic acids is 1. The van der Waals surface area contributed by atoms with E-state index in [1.807, 2.05) is 59.2 Å². The molecule has 184 valence electrons. The quantitative estimate of drug-likeness (QED) is 0.200. The van der Waals surface area contributed by atoms with Crippen molar-refractivity contribution >= 4 is 23.9 Å². The topological polar surface area (TPSA) is 81.4 Å². The first-order valence-electron chi connectivity index (χ1n) is 10.6. The summed E-state index contributed by atoms with van der Waals surface area (Å²) in [4.78, 5) is 12.3. The Hall–Kier alpha value is -4.12. The second kappa shape index (κ2) is 11.1. The SMILES string of the molecule is COc1ccc(-c2nnc(SCC(=O)NN=Cc3ccccc3C(F)(F)F)n2-c2ccccc2)cc1. The third kappa shape index (κ3) is 5.92. The minimum Gasteiger partial charge on any atom is -0.497 e. The first kappa shape index (κ1) is 25.0. The molecule has 0 radical (unpaired) electrons. The van der Waals surface area contributed by atoms with Gasteiger partial charge in [-0.25, -0.2) is 5.43 Å². The fourth-order valence-electron chi connectivity index (χ4n) is 3.30. The lowest BCUT2D eigenvalue weighted by atomic mass is 10.1. The lowest BCUT2D eigenvalue weighted by molar-refractivity contribution is -0.137. The van der Waals surface area contributed by atoms with Crippen molar-refractivity contribution in [1.29, 1.82) is 0 Å².